The molecule has 4 heterocycles. The fourth-order valence-electron chi connectivity index (χ4n) is 3.55. The molecule has 0 saturated heterocycles. The minimum absolute atomic E-state index is 0.285. The molecule has 0 bridgehead atoms. The van der Waals surface area contributed by atoms with Crippen LogP contribution >= 0.6 is 11.6 Å². The number of imidazole rings is 1. The van der Waals surface area contributed by atoms with Crippen molar-refractivity contribution in [2.45, 2.75) is 26.2 Å². The van der Waals surface area contributed by atoms with Crippen molar-refractivity contribution in [3.8, 4) is 0 Å². The predicted molar refractivity (Wildman–Crippen MR) is 117 cm³/mol. The third-order valence-corrected chi connectivity index (χ3v) is 5.06. The second-order valence-corrected chi connectivity index (χ2v) is 7.97. The lowest BCUT2D eigenvalue weighted by Crippen LogP contribution is -2.37. The molecule has 3 N–H and O–H groups in total. The van der Waals surface area contributed by atoms with Crippen molar-refractivity contribution in [3.63, 3.8) is 0 Å². The molecule has 4 rings (SSSR count). The summed E-state index contributed by atoms with van der Waals surface area (Å²) < 4.78 is 1.74. The molecule has 154 valence electrons. The molecule has 10 nitrogen and oxygen atoms in total. The van der Waals surface area contributed by atoms with E-state index in [1.807, 2.05) is 13.1 Å². The second-order valence-electron chi connectivity index (χ2n) is 7.57. The molecule has 30 heavy (non-hydrogen) atoms. The van der Waals surface area contributed by atoms with Crippen LogP contribution in [0.1, 0.15) is 25.1 Å². The number of halogens is 1. The van der Waals surface area contributed by atoms with Crippen LogP contribution in [0.15, 0.2) is 29.8 Å². The molecular formula is C19H20ClN9O. The van der Waals surface area contributed by atoms with Crippen molar-refractivity contribution < 1.29 is 4.79 Å². The average Bonchev–Trinajstić information content (AvgIpc) is 3.19. The highest BCUT2D eigenvalue weighted by Crippen LogP contribution is 2.42. The van der Waals surface area contributed by atoms with Gasteiger partial charge >= 0.3 is 6.03 Å². The smallest absolute Gasteiger partial charge is 0.307 e. The first kappa shape index (κ1) is 19.8. The van der Waals surface area contributed by atoms with Gasteiger partial charge in [-0.25, -0.2) is 19.3 Å². The lowest BCUT2D eigenvalue weighted by atomic mass is 9.88. The Balaban J connectivity index is 1.60. The summed E-state index contributed by atoms with van der Waals surface area (Å²) in [7, 11) is 0. The predicted octanol–water partition coefficient (Wildman–Crippen LogP) is 3.46. The number of carbonyl (C=O) groups is 1. The van der Waals surface area contributed by atoms with Gasteiger partial charge < -0.3 is 10.7 Å². The van der Waals surface area contributed by atoms with Crippen LogP contribution in [0.4, 0.5) is 22.0 Å². The number of carbonyl (C=O) groups excluding carboxylic acids is 1. The Morgan fingerprint density at radius 1 is 1.40 bits per heavy atom. The van der Waals surface area contributed by atoms with E-state index in [1.54, 1.807) is 21.7 Å². The average molecular weight is 426 g/mol. The minimum atomic E-state index is -0.309. The van der Waals surface area contributed by atoms with E-state index in [2.05, 4.69) is 44.8 Å². The van der Waals surface area contributed by atoms with Gasteiger partial charge in [-0.1, -0.05) is 25.4 Å². The van der Waals surface area contributed by atoms with Crippen LogP contribution in [0.2, 0.25) is 5.02 Å². The molecule has 1 aliphatic heterocycles. The Morgan fingerprint density at radius 2 is 2.20 bits per heavy atom. The molecule has 0 aromatic carbocycles. The molecule has 3 aromatic heterocycles. The van der Waals surface area contributed by atoms with Gasteiger partial charge in [-0.2, -0.15) is 10.2 Å². The SMILES string of the molecule is Cc1cn2ncc3c(c2n1)C(C)(C)CN3C(=O)Nc1cnc(N/N=C\C=N)c(Cl)c1. The zero-order valence-corrected chi connectivity index (χ0v) is 17.4. The maximum absolute atomic E-state index is 13.0. The summed E-state index contributed by atoms with van der Waals surface area (Å²) >= 11 is 6.20. The van der Waals surface area contributed by atoms with Crippen LogP contribution in [0.5, 0.6) is 0 Å². The van der Waals surface area contributed by atoms with Gasteiger partial charge in [-0.3, -0.25) is 10.3 Å². The van der Waals surface area contributed by atoms with Gasteiger partial charge in [0.25, 0.3) is 0 Å². The van der Waals surface area contributed by atoms with Gasteiger partial charge in [-0.05, 0) is 13.0 Å². The fourth-order valence-corrected chi connectivity index (χ4v) is 3.76. The lowest BCUT2D eigenvalue weighted by Gasteiger charge is -2.21. The number of aryl methyl sites for hydroxylation is 1. The molecule has 0 spiro atoms. The third-order valence-electron chi connectivity index (χ3n) is 4.77. The monoisotopic (exact) mass is 425 g/mol. The highest BCUT2D eigenvalue weighted by molar-refractivity contribution is 6.33. The largest absolute Gasteiger partial charge is 0.326 e. The molecule has 2 amide bonds. The standard InChI is InChI=1S/C19H20ClN9O/c1-11-9-29-17(25-11)15-14(8-24-29)28(10-19(15,2)3)18(30)26-12-6-13(20)16(22-7-12)27-23-5-4-21/h4-9,21H,10H2,1-3H3,(H,22,27)(H,26,30)/b21-4?,23-5-. The van der Waals surface area contributed by atoms with Crippen LogP contribution in [0, 0.1) is 12.3 Å². The van der Waals surface area contributed by atoms with Crippen molar-refractivity contribution in [1.82, 2.24) is 19.6 Å². The summed E-state index contributed by atoms with van der Waals surface area (Å²) in [5, 5.41) is 18.2. The molecular weight excluding hydrogens is 406 g/mol. The summed E-state index contributed by atoms with van der Waals surface area (Å²) in [5.41, 5.74) is 6.13. The maximum Gasteiger partial charge on any atom is 0.326 e. The van der Waals surface area contributed by atoms with E-state index in [9.17, 15) is 4.79 Å². The Bertz CT molecular complexity index is 1180. The van der Waals surface area contributed by atoms with Crippen molar-refractivity contribution in [3.05, 3.63) is 40.9 Å². The number of aromatic nitrogens is 4. The van der Waals surface area contributed by atoms with Crippen molar-refractivity contribution >= 4 is 52.9 Å². The topological polar surface area (TPSA) is 124 Å². The van der Waals surface area contributed by atoms with E-state index in [0.717, 1.165) is 28.8 Å². The minimum Gasteiger partial charge on any atom is -0.307 e. The highest BCUT2D eigenvalue weighted by Gasteiger charge is 2.41. The number of amides is 2. The number of hydrazone groups is 1. The van der Waals surface area contributed by atoms with Crippen LogP contribution in [0.3, 0.4) is 0 Å². The van der Waals surface area contributed by atoms with Crippen LogP contribution in [-0.4, -0.2) is 44.6 Å². The molecule has 11 heteroatoms. The van der Waals surface area contributed by atoms with Crippen LogP contribution < -0.4 is 15.6 Å². The second kappa shape index (κ2) is 7.38. The number of urea groups is 1. The van der Waals surface area contributed by atoms with Crippen molar-refractivity contribution in [2.24, 2.45) is 5.10 Å². The Hall–Kier alpha value is -3.53. The lowest BCUT2D eigenvalue weighted by molar-refractivity contribution is 0.256. The quantitative estimate of drug-likeness (QED) is 0.436. The summed E-state index contributed by atoms with van der Waals surface area (Å²) in [6.07, 6.45) is 7.32. The normalized spacial score (nSPS) is 14.9. The summed E-state index contributed by atoms with van der Waals surface area (Å²) in [5.74, 6) is 0.321. The zero-order valence-electron chi connectivity index (χ0n) is 16.6. The Kier molecular flexibility index (Phi) is 4.86. The van der Waals surface area contributed by atoms with Gasteiger partial charge in [0.2, 0.25) is 0 Å². The molecule has 0 atom stereocenters. The van der Waals surface area contributed by atoms with E-state index in [4.69, 9.17) is 17.0 Å². The van der Waals surface area contributed by atoms with Gasteiger partial charge in [0.05, 0.1) is 46.9 Å². The van der Waals surface area contributed by atoms with Crippen molar-refractivity contribution in [2.75, 3.05) is 22.2 Å². The number of rotatable bonds is 4. The number of hydrogen-bond acceptors (Lipinski definition) is 7. The number of hydrogen-bond donors (Lipinski definition) is 3. The fraction of sp³-hybridized carbons (Fsp3) is 0.263. The van der Waals surface area contributed by atoms with E-state index < -0.39 is 0 Å². The molecule has 1 aliphatic rings. The molecule has 0 fully saturated rings. The van der Waals surface area contributed by atoms with E-state index >= 15 is 0 Å². The first-order valence-corrected chi connectivity index (χ1v) is 9.55. The Morgan fingerprint density at radius 3 is 2.93 bits per heavy atom. The maximum atomic E-state index is 13.0. The number of fused-ring (bicyclic) bond motifs is 3. The zero-order chi connectivity index (χ0) is 21.5. The summed E-state index contributed by atoms with van der Waals surface area (Å²) in [6.45, 7) is 6.56. The van der Waals surface area contributed by atoms with Gasteiger partial charge in [0, 0.05) is 23.7 Å². The van der Waals surface area contributed by atoms with Gasteiger partial charge in [0.1, 0.15) is 0 Å². The highest BCUT2D eigenvalue weighted by atomic mass is 35.5. The Labute approximate surface area is 177 Å². The van der Waals surface area contributed by atoms with Gasteiger partial charge in [-0.15, -0.1) is 0 Å². The van der Waals surface area contributed by atoms with Crippen LogP contribution in [0.25, 0.3) is 5.65 Å². The summed E-state index contributed by atoms with van der Waals surface area (Å²) in [4.78, 5) is 23.4. The number of nitrogens with zero attached hydrogens (tertiary/aromatic N) is 6. The van der Waals surface area contributed by atoms with E-state index in [1.165, 1.54) is 12.4 Å². The molecule has 0 aliphatic carbocycles. The first-order chi connectivity index (χ1) is 14.3. The molecule has 0 radical (unpaired) electrons. The summed E-state index contributed by atoms with van der Waals surface area (Å²) in [6, 6.07) is 1.27. The number of anilines is 3. The molecule has 0 saturated carbocycles. The number of nitrogens with one attached hydrogen (secondary N) is 3. The third kappa shape index (κ3) is 3.45. The molecule has 3 aromatic rings. The molecule has 0 unspecified atom stereocenters. The van der Waals surface area contributed by atoms with Crippen LogP contribution in [-0.2, 0) is 5.41 Å². The first-order valence-electron chi connectivity index (χ1n) is 9.18. The van der Waals surface area contributed by atoms with E-state index in [0.29, 0.717) is 18.1 Å². The van der Waals surface area contributed by atoms with Crippen molar-refractivity contribution in [1.29, 1.82) is 5.41 Å². The van der Waals surface area contributed by atoms with E-state index in [-0.39, 0.29) is 16.5 Å². The van der Waals surface area contributed by atoms with Gasteiger partial charge in [0.15, 0.2) is 11.5 Å². The number of pyridine rings is 1.